The SMILES string of the molecule is O=C(Nc1ccc(C2CC2)nn1)N1C[C@@H](Cc2ccccc2)[C@H](O)C1. The van der Waals surface area contributed by atoms with Crippen LogP contribution in [-0.2, 0) is 6.42 Å². The molecule has 2 aliphatic rings. The Balaban J connectivity index is 1.34. The van der Waals surface area contributed by atoms with E-state index >= 15 is 0 Å². The fourth-order valence-electron chi connectivity index (χ4n) is 3.33. The van der Waals surface area contributed by atoms with E-state index in [1.807, 2.05) is 36.4 Å². The minimum Gasteiger partial charge on any atom is -0.391 e. The van der Waals surface area contributed by atoms with Gasteiger partial charge in [-0.05, 0) is 37.0 Å². The molecule has 1 saturated heterocycles. The molecule has 1 saturated carbocycles. The first-order valence-electron chi connectivity index (χ1n) is 8.80. The topological polar surface area (TPSA) is 78.4 Å². The summed E-state index contributed by atoms with van der Waals surface area (Å²) in [5.74, 6) is 1.05. The third-order valence-corrected chi connectivity index (χ3v) is 4.95. The van der Waals surface area contributed by atoms with Crippen molar-refractivity contribution < 1.29 is 9.90 Å². The maximum Gasteiger partial charge on any atom is 0.323 e. The first-order valence-corrected chi connectivity index (χ1v) is 8.80. The zero-order valence-corrected chi connectivity index (χ0v) is 14.0. The Kier molecular flexibility index (Phi) is 4.36. The van der Waals surface area contributed by atoms with Gasteiger partial charge in [0, 0.05) is 24.9 Å². The first kappa shape index (κ1) is 16.0. The first-order chi connectivity index (χ1) is 12.2. The van der Waals surface area contributed by atoms with Gasteiger partial charge in [0.2, 0.25) is 0 Å². The van der Waals surface area contributed by atoms with E-state index in [9.17, 15) is 9.90 Å². The molecule has 2 amide bonds. The van der Waals surface area contributed by atoms with Crippen LogP contribution in [0.15, 0.2) is 42.5 Å². The molecule has 0 radical (unpaired) electrons. The highest BCUT2D eigenvalue weighted by atomic mass is 16.3. The van der Waals surface area contributed by atoms with E-state index in [0.717, 1.165) is 12.1 Å². The number of β-amino-alcohol motifs (C(OH)–C–C–N with tert-alkyl or cyclic N) is 1. The molecule has 130 valence electrons. The van der Waals surface area contributed by atoms with Crippen LogP contribution >= 0.6 is 0 Å². The lowest BCUT2D eigenvalue weighted by Gasteiger charge is -2.16. The lowest BCUT2D eigenvalue weighted by Crippen LogP contribution is -2.34. The van der Waals surface area contributed by atoms with E-state index in [-0.39, 0.29) is 11.9 Å². The van der Waals surface area contributed by atoms with Crippen LogP contribution in [0.4, 0.5) is 10.6 Å². The van der Waals surface area contributed by atoms with Crippen molar-refractivity contribution in [3.63, 3.8) is 0 Å². The number of urea groups is 1. The van der Waals surface area contributed by atoms with Gasteiger partial charge in [-0.2, -0.15) is 5.10 Å². The average Bonchev–Trinajstić information content (AvgIpc) is 3.41. The van der Waals surface area contributed by atoms with Gasteiger partial charge in [-0.1, -0.05) is 30.3 Å². The normalized spacial score (nSPS) is 22.8. The van der Waals surface area contributed by atoms with Crippen LogP contribution in [0, 0.1) is 5.92 Å². The molecular weight excluding hydrogens is 316 g/mol. The van der Waals surface area contributed by atoms with Crippen molar-refractivity contribution in [2.45, 2.75) is 31.3 Å². The summed E-state index contributed by atoms with van der Waals surface area (Å²) in [5.41, 5.74) is 2.17. The van der Waals surface area contributed by atoms with E-state index in [1.165, 1.54) is 18.4 Å². The summed E-state index contributed by atoms with van der Waals surface area (Å²) < 4.78 is 0. The van der Waals surface area contributed by atoms with E-state index < -0.39 is 6.10 Å². The number of aromatic nitrogens is 2. The molecule has 2 fully saturated rings. The number of benzene rings is 1. The number of likely N-dealkylation sites (tertiary alicyclic amines) is 1. The van der Waals surface area contributed by atoms with Gasteiger partial charge in [-0.15, -0.1) is 5.10 Å². The Labute approximate surface area is 146 Å². The van der Waals surface area contributed by atoms with Crippen LogP contribution in [0.5, 0.6) is 0 Å². The number of rotatable bonds is 4. The lowest BCUT2D eigenvalue weighted by molar-refractivity contribution is 0.143. The minimum atomic E-state index is -0.505. The van der Waals surface area contributed by atoms with Crippen LogP contribution in [-0.4, -0.2) is 45.4 Å². The standard InChI is InChI=1S/C19H22N4O2/c24-17-12-23(11-15(17)10-13-4-2-1-3-5-13)19(25)20-18-9-8-16(21-22-18)14-6-7-14/h1-5,8-9,14-15,17,24H,6-7,10-12H2,(H,20,22,25)/t15-,17-/m1/s1. The Bertz CT molecular complexity index is 731. The smallest absolute Gasteiger partial charge is 0.323 e. The van der Waals surface area contributed by atoms with Crippen LogP contribution in [0.3, 0.4) is 0 Å². The number of nitrogens with one attached hydrogen (secondary N) is 1. The van der Waals surface area contributed by atoms with E-state index in [2.05, 4.69) is 15.5 Å². The Morgan fingerprint density at radius 2 is 1.92 bits per heavy atom. The average molecular weight is 338 g/mol. The number of carbonyl (C=O) groups excluding carboxylic acids is 1. The predicted molar refractivity (Wildman–Crippen MR) is 94.2 cm³/mol. The van der Waals surface area contributed by atoms with E-state index in [1.54, 1.807) is 11.0 Å². The molecule has 25 heavy (non-hydrogen) atoms. The number of amides is 2. The summed E-state index contributed by atoms with van der Waals surface area (Å²) in [7, 11) is 0. The monoisotopic (exact) mass is 338 g/mol. The highest BCUT2D eigenvalue weighted by molar-refractivity contribution is 5.88. The van der Waals surface area contributed by atoms with Crippen molar-refractivity contribution in [3.8, 4) is 0 Å². The van der Waals surface area contributed by atoms with Crippen LogP contribution in [0.25, 0.3) is 0 Å². The summed E-state index contributed by atoms with van der Waals surface area (Å²) in [6, 6.07) is 13.5. The van der Waals surface area contributed by atoms with Gasteiger partial charge < -0.3 is 10.0 Å². The van der Waals surface area contributed by atoms with Gasteiger partial charge >= 0.3 is 6.03 Å². The molecule has 4 rings (SSSR count). The molecule has 6 nitrogen and oxygen atoms in total. The van der Waals surface area contributed by atoms with Gasteiger partial charge in [0.15, 0.2) is 5.82 Å². The Morgan fingerprint density at radius 1 is 1.12 bits per heavy atom. The second kappa shape index (κ2) is 6.80. The highest BCUT2D eigenvalue weighted by Gasteiger charge is 2.34. The number of aliphatic hydroxyl groups is 1. The van der Waals surface area contributed by atoms with Gasteiger partial charge in [0.05, 0.1) is 11.8 Å². The highest BCUT2D eigenvalue weighted by Crippen LogP contribution is 2.38. The summed E-state index contributed by atoms with van der Waals surface area (Å²) in [6.07, 6.45) is 2.61. The fourth-order valence-corrected chi connectivity index (χ4v) is 3.33. The van der Waals surface area contributed by atoms with Gasteiger partial charge in [-0.3, -0.25) is 5.32 Å². The summed E-state index contributed by atoms with van der Waals surface area (Å²) in [4.78, 5) is 14.1. The summed E-state index contributed by atoms with van der Waals surface area (Å²) in [6.45, 7) is 0.881. The molecule has 6 heteroatoms. The maximum atomic E-state index is 12.4. The molecule has 1 aromatic heterocycles. The number of nitrogens with zero attached hydrogens (tertiary/aromatic N) is 3. The Hall–Kier alpha value is -2.47. The van der Waals surface area contributed by atoms with Crippen molar-refractivity contribution in [1.29, 1.82) is 0 Å². The summed E-state index contributed by atoms with van der Waals surface area (Å²) >= 11 is 0. The second-order valence-electron chi connectivity index (χ2n) is 6.97. The van der Waals surface area contributed by atoms with Crippen LogP contribution in [0.2, 0.25) is 0 Å². The fraction of sp³-hybridized carbons (Fsp3) is 0.421. The van der Waals surface area contributed by atoms with Crippen LogP contribution < -0.4 is 5.32 Å². The molecular formula is C19H22N4O2. The van der Waals surface area contributed by atoms with Crippen molar-refractivity contribution in [3.05, 3.63) is 53.7 Å². The van der Waals surface area contributed by atoms with Gasteiger partial charge in [0.1, 0.15) is 0 Å². The molecule has 0 bridgehead atoms. The zero-order chi connectivity index (χ0) is 17.2. The molecule has 1 aliphatic carbocycles. The third kappa shape index (κ3) is 3.79. The number of anilines is 1. The number of aliphatic hydroxyl groups excluding tert-OH is 1. The molecule has 0 unspecified atom stereocenters. The van der Waals surface area contributed by atoms with Crippen LogP contribution in [0.1, 0.15) is 30.0 Å². The summed E-state index contributed by atoms with van der Waals surface area (Å²) in [5, 5.41) is 21.3. The molecule has 1 aliphatic heterocycles. The minimum absolute atomic E-state index is 0.0523. The van der Waals surface area contributed by atoms with Gasteiger partial charge in [0.25, 0.3) is 0 Å². The third-order valence-electron chi connectivity index (χ3n) is 4.95. The number of hydrogen-bond donors (Lipinski definition) is 2. The number of hydrogen-bond acceptors (Lipinski definition) is 4. The Morgan fingerprint density at radius 3 is 2.60 bits per heavy atom. The number of carbonyl (C=O) groups is 1. The van der Waals surface area contributed by atoms with Gasteiger partial charge in [-0.25, -0.2) is 4.79 Å². The van der Waals surface area contributed by atoms with Crippen molar-refractivity contribution >= 4 is 11.8 Å². The van der Waals surface area contributed by atoms with E-state index in [4.69, 9.17) is 0 Å². The zero-order valence-electron chi connectivity index (χ0n) is 14.0. The van der Waals surface area contributed by atoms with Crippen molar-refractivity contribution in [1.82, 2.24) is 15.1 Å². The maximum absolute atomic E-state index is 12.4. The lowest BCUT2D eigenvalue weighted by atomic mass is 9.97. The second-order valence-corrected chi connectivity index (χ2v) is 6.97. The van der Waals surface area contributed by atoms with Crippen molar-refractivity contribution in [2.24, 2.45) is 5.92 Å². The molecule has 1 aromatic carbocycles. The molecule has 2 N–H and O–H groups in total. The largest absolute Gasteiger partial charge is 0.391 e. The predicted octanol–water partition coefficient (Wildman–Crippen LogP) is 2.42. The molecule has 2 atom stereocenters. The molecule has 2 aromatic rings. The molecule has 2 heterocycles. The van der Waals surface area contributed by atoms with E-state index in [0.29, 0.717) is 24.8 Å². The molecule has 0 spiro atoms. The van der Waals surface area contributed by atoms with Crippen molar-refractivity contribution in [2.75, 3.05) is 18.4 Å². The quantitative estimate of drug-likeness (QED) is 0.897.